The van der Waals surface area contributed by atoms with E-state index in [1.807, 2.05) is 0 Å². The molecule has 0 aliphatic carbocycles. The number of ether oxygens (including phenoxy) is 1. The maximum Gasteiger partial charge on any atom is 0.237 e. The zero-order chi connectivity index (χ0) is 13.9. The number of fused-ring (bicyclic) bond motifs is 1. The van der Waals surface area contributed by atoms with Gasteiger partial charge in [-0.25, -0.2) is 0 Å². The first-order valence-electron chi connectivity index (χ1n) is 7.26. The first kappa shape index (κ1) is 13.9. The highest BCUT2D eigenvalue weighted by Crippen LogP contribution is 2.23. The molecular formula is C14H22N4OS. The number of nitrogens with one attached hydrogen (secondary N) is 1. The molecule has 0 atom stereocenters. The lowest BCUT2D eigenvalue weighted by molar-refractivity contribution is 0.205. The fourth-order valence-electron chi connectivity index (χ4n) is 2.83. The molecular weight excluding hydrogens is 272 g/mol. The molecule has 110 valence electrons. The van der Waals surface area contributed by atoms with E-state index in [1.165, 1.54) is 32.5 Å². The number of likely N-dealkylation sites (tertiary alicyclic amines) is 1. The third kappa shape index (κ3) is 2.68. The number of nitrogens with zero attached hydrogens (tertiary/aromatic N) is 3. The minimum Gasteiger partial charge on any atom is -0.480 e. The molecule has 1 aliphatic heterocycles. The summed E-state index contributed by atoms with van der Waals surface area (Å²) in [6, 6.07) is 0.603. The van der Waals surface area contributed by atoms with Crippen LogP contribution in [0, 0.1) is 0 Å². The van der Waals surface area contributed by atoms with E-state index in [1.54, 1.807) is 18.4 Å². The number of piperidine rings is 1. The molecule has 3 rings (SSSR count). The molecule has 6 heteroatoms. The highest BCUT2D eigenvalue weighted by molar-refractivity contribution is 7.15. The van der Waals surface area contributed by atoms with Gasteiger partial charge in [0, 0.05) is 24.2 Å². The average molecular weight is 294 g/mol. The Hall–Kier alpha value is -1.11. The smallest absolute Gasteiger partial charge is 0.237 e. The van der Waals surface area contributed by atoms with Crippen LogP contribution in [0.1, 0.15) is 25.5 Å². The summed E-state index contributed by atoms with van der Waals surface area (Å²) in [6.45, 7) is 6.62. The summed E-state index contributed by atoms with van der Waals surface area (Å²) in [5.41, 5.74) is 1.13. The van der Waals surface area contributed by atoms with Crippen molar-refractivity contribution in [1.29, 1.82) is 0 Å². The van der Waals surface area contributed by atoms with Gasteiger partial charge in [0.2, 0.25) is 5.88 Å². The number of hydrogen-bond acceptors (Lipinski definition) is 5. The van der Waals surface area contributed by atoms with Crippen molar-refractivity contribution in [2.45, 2.75) is 32.4 Å². The maximum atomic E-state index is 5.39. The van der Waals surface area contributed by atoms with E-state index in [0.717, 1.165) is 23.1 Å². The van der Waals surface area contributed by atoms with Gasteiger partial charge in [-0.05, 0) is 32.5 Å². The summed E-state index contributed by atoms with van der Waals surface area (Å²) in [6.07, 6.45) is 4.51. The lowest BCUT2D eigenvalue weighted by Gasteiger charge is -2.31. The van der Waals surface area contributed by atoms with Gasteiger partial charge in [-0.3, -0.25) is 4.40 Å². The van der Waals surface area contributed by atoms with Crippen molar-refractivity contribution in [2.24, 2.45) is 0 Å². The number of rotatable bonds is 5. The molecule has 0 aromatic carbocycles. The fraction of sp³-hybridized carbons (Fsp3) is 0.643. The van der Waals surface area contributed by atoms with Gasteiger partial charge in [-0.1, -0.05) is 6.92 Å². The molecule has 1 saturated heterocycles. The maximum absolute atomic E-state index is 5.39. The normalized spacial score (nSPS) is 17.9. The summed E-state index contributed by atoms with van der Waals surface area (Å²) in [4.78, 5) is 8.00. The van der Waals surface area contributed by atoms with Crippen LogP contribution in [0.5, 0.6) is 5.88 Å². The largest absolute Gasteiger partial charge is 0.480 e. The number of imidazole rings is 1. The van der Waals surface area contributed by atoms with E-state index in [9.17, 15) is 0 Å². The van der Waals surface area contributed by atoms with Crippen molar-refractivity contribution in [3.63, 3.8) is 0 Å². The topological polar surface area (TPSA) is 41.8 Å². The highest BCUT2D eigenvalue weighted by atomic mass is 32.1. The van der Waals surface area contributed by atoms with Crippen molar-refractivity contribution in [2.75, 3.05) is 26.7 Å². The van der Waals surface area contributed by atoms with Gasteiger partial charge in [0.05, 0.1) is 7.11 Å². The fourth-order valence-corrected chi connectivity index (χ4v) is 3.56. The Labute approximate surface area is 123 Å². The molecule has 3 heterocycles. The Morgan fingerprint density at radius 2 is 2.25 bits per heavy atom. The van der Waals surface area contributed by atoms with E-state index in [2.05, 4.69) is 38.1 Å². The lowest BCUT2D eigenvalue weighted by Crippen LogP contribution is -2.42. The molecule has 2 aromatic rings. The molecule has 0 bridgehead atoms. The molecule has 1 fully saturated rings. The van der Waals surface area contributed by atoms with E-state index < -0.39 is 0 Å². The molecule has 0 saturated carbocycles. The van der Waals surface area contributed by atoms with Crippen LogP contribution in [0.15, 0.2) is 11.6 Å². The Morgan fingerprint density at radius 3 is 2.95 bits per heavy atom. The van der Waals surface area contributed by atoms with Gasteiger partial charge in [0.25, 0.3) is 0 Å². The van der Waals surface area contributed by atoms with Crippen LogP contribution in [-0.4, -0.2) is 47.1 Å². The van der Waals surface area contributed by atoms with E-state index in [0.29, 0.717) is 6.04 Å². The summed E-state index contributed by atoms with van der Waals surface area (Å²) in [7, 11) is 1.69. The second kappa shape index (κ2) is 6.11. The number of aromatic nitrogens is 2. The quantitative estimate of drug-likeness (QED) is 0.915. The zero-order valence-electron chi connectivity index (χ0n) is 12.1. The number of methoxy groups -OCH3 is 1. The average Bonchev–Trinajstić information content (AvgIpc) is 3.06. The summed E-state index contributed by atoms with van der Waals surface area (Å²) >= 11 is 1.64. The van der Waals surface area contributed by atoms with Gasteiger partial charge < -0.3 is 15.0 Å². The molecule has 5 nitrogen and oxygen atoms in total. The second-order valence-corrected chi connectivity index (χ2v) is 6.09. The third-order valence-electron chi connectivity index (χ3n) is 4.11. The molecule has 1 N–H and O–H groups in total. The summed E-state index contributed by atoms with van der Waals surface area (Å²) in [5.74, 6) is 0.746. The number of thiazole rings is 1. The molecule has 0 spiro atoms. The highest BCUT2D eigenvalue weighted by Gasteiger charge is 2.19. The van der Waals surface area contributed by atoms with Crippen LogP contribution in [0.4, 0.5) is 0 Å². The predicted molar refractivity (Wildman–Crippen MR) is 81.6 cm³/mol. The van der Waals surface area contributed by atoms with Crippen LogP contribution in [-0.2, 0) is 6.54 Å². The van der Waals surface area contributed by atoms with Crippen LogP contribution < -0.4 is 10.1 Å². The minimum atomic E-state index is 0.603. The molecule has 2 aromatic heterocycles. The Morgan fingerprint density at radius 1 is 1.45 bits per heavy atom. The zero-order valence-corrected chi connectivity index (χ0v) is 12.9. The molecule has 0 amide bonds. The molecule has 0 radical (unpaired) electrons. The van der Waals surface area contributed by atoms with E-state index in [4.69, 9.17) is 4.74 Å². The van der Waals surface area contributed by atoms with Crippen molar-refractivity contribution in [3.05, 3.63) is 17.3 Å². The van der Waals surface area contributed by atoms with Crippen LogP contribution in [0.25, 0.3) is 4.96 Å². The SMILES string of the molecule is CCN1CCC(NCc2c(OC)nc3sccn23)CC1. The van der Waals surface area contributed by atoms with Gasteiger partial charge in [-0.15, -0.1) is 11.3 Å². The van der Waals surface area contributed by atoms with Gasteiger partial charge in [0.15, 0.2) is 4.96 Å². The first-order valence-corrected chi connectivity index (χ1v) is 8.14. The first-order chi connectivity index (χ1) is 9.81. The molecule has 1 aliphatic rings. The van der Waals surface area contributed by atoms with Crippen molar-refractivity contribution >= 4 is 16.3 Å². The van der Waals surface area contributed by atoms with Crippen molar-refractivity contribution in [1.82, 2.24) is 19.6 Å². The van der Waals surface area contributed by atoms with E-state index in [-0.39, 0.29) is 0 Å². The summed E-state index contributed by atoms with van der Waals surface area (Å²) < 4.78 is 7.51. The Balaban J connectivity index is 1.63. The monoisotopic (exact) mass is 294 g/mol. The lowest BCUT2D eigenvalue weighted by atomic mass is 10.1. The number of hydrogen-bond donors (Lipinski definition) is 1. The van der Waals surface area contributed by atoms with Gasteiger partial charge in [0.1, 0.15) is 5.69 Å². The van der Waals surface area contributed by atoms with Gasteiger partial charge >= 0.3 is 0 Å². The van der Waals surface area contributed by atoms with Crippen molar-refractivity contribution < 1.29 is 4.74 Å². The Bertz CT molecular complexity index is 557. The minimum absolute atomic E-state index is 0.603. The Kier molecular flexibility index (Phi) is 4.24. The molecule has 0 unspecified atom stereocenters. The third-order valence-corrected chi connectivity index (χ3v) is 4.87. The molecule has 20 heavy (non-hydrogen) atoms. The standard InChI is InChI=1S/C14H22N4OS/c1-3-17-6-4-11(5-7-17)15-10-12-13(19-2)16-14-18(12)8-9-20-14/h8-9,11,15H,3-7,10H2,1-2H3. The predicted octanol–water partition coefficient (Wildman–Crippen LogP) is 1.98. The summed E-state index contributed by atoms with van der Waals surface area (Å²) in [5, 5.41) is 5.72. The van der Waals surface area contributed by atoms with Crippen LogP contribution >= 0.6 is 11.3 Å². The van der Waals surface area contributed by atoms with Gasteiger partial charge in [-0.2, -0.15) is 4.98 Å². The van der Waals surface area contributed by atoms with Crippen LogP contribution in [0.2, 0.25) is 0 Å². The second-order valence-electron chi connectivity index (χ2n) is 5.21. The van der Waals surface area contributed by atoms with E-state index >= 15 is 0 Å². The van der Waals surface area contributed by atoms with Crippen molar-refractivity contribution in [3.8, 4) is 5.88 Å². The van der Waals surface area contributed by atoms with Crippen LogP contribution in [0.3, 0.4) is 0 Å².